The van der Waals surface area contributed by atoms with Crippen molar-refractivity contribution in [2.24, 2.45) is 0 Å². The molecule has 1 fully saturated rings. The minimum atomic E-state index is -1.11. The van der Waals surface area contributed by atoms with Gasteiger partial charge in [-0.3, -0.25) is 19.6 Å². The molecule has 2 amide bonds. The molecule has 0 radical (unpaired) electrons. The number of hydrogen-bond donors (Lipinski definition) is 2. The number of ether oxygens (including phenoxy) is 2. The van der Waals surface area contributed by atoms with Crippen molar-refractivity contribution in [2.75, 3.05) is 30.7 Å². The van der Waals surface area contributed by atoms with Gasteiger partial charge < -0.3 is 14.8 Å². The molecule has 0 bridgehead atoms. The number of rotatable bonds is 7. The summed E-state index contributed by atoms with van der Waals surface area (Å²) in [7, 11) is -1.11. The fourth-order valence-electron chi connectivity index (χ4n) is 4.99. The summed E-state index contributed by atoms with van der Waals surface area (Å²) in [5, 5.41) is 10.5. The zero-order valence-corrected chi connectivity index (χ0v) is 22.7. The summed E-state index contributed by atoms with van der Waals surface area (Å²) in [4.78, 5) is 39.8. The number of nitrogens with one attached hydrogen (secondary N) is 2. The van der Waals surface area contributed by atoms with Gasteiger partial charge in [-0.1, -0.05) is 30.3 Å². The SMILES string of the molecule is CC(=O)OC[C@@H](OC(=O)N1Cc2c(NC(=O)C3(S(C)(C)C)CCC3)n[nH]c2C1(C)C)c1ccccc1. The first kappa shape index (κ1) is 26.1. The third kappa shape index (κ3) is 4.58. The van der Waals surface area contributed by atoms with Gasteiger partial charge in [0.25, 0.3) is 0 Å². The number of amides is 2. The Morgan fingerprint density at radius 3 is 2.39 bits per heavy atom. The monoisotopic (exact) mass is 516 g/mol. The van der Waals surface area contributed by atoms with Crippen molar-refractivity contribution in [3.05, 3.63) is 47.2 Å². The van der Waals surface area contributed by atoms with Gasteiger partial charge in [0, 0.05) is 12.5 Å². The molecule has 1 aliphatic heterocycles. The predicted molar refractivity (Wildman–Crippen MR) is 140 cm³/mol. The third-order valence-electron chi connectivity index (χ3n) is 7.52. The van der Waals surface area contributed by atoms with E-state index in [1.54, 1.807) is 4.90 Å². The lowest BCUT2D eigenvalue weighted by atomic mass is 9.83. The van der Waals surface area contributed by atoms with E-state index in [9.17, 15) is 14.4 Å². The number of carbonyl (C=O) groups is 3. The van der Waals surface area contributed by atoms with Crippen molar-refractivity contribution in [2.45, 2.75) is 63.0 Å². The van der Waals surface area contributed by atoms with Crippen LogP contribution in [0.5, 0.6) is 0 Å². The molecule has 2 aliphatic rings. The number of aromatic nitrogens is 2. The molecule has 1 aliphatic carbocycles. The smallest absolute Gasteiger partial charge is 0.411 e. The Morgan fingerprint density at radius 1 is 1.17 bits per heavy atom. The van der Waals surface area contributed by atoms with E-state index in [2.05, 4.69) is 34.3 Å². The number of carbonyl (C=O) groups excluding carboxylic acids is 3. The van der Waals surface area contributed by atoms with Gasteiger partial charge in [-0.15, -0.1) is 0 Å². The minimum Gasteiger partial charge on any atom is -0.462 e. The van der Waals surface area contributed by atoms with Gasteiger partial charge in [0.2, 0.25) is 5.91 Å². The van der Waals surface area contributed by atoms with Crippen molar-refractivity contribution in [3.63, 3.8) is 0 Å². The molecule has 36 heavy (non-hydrogen) atoms. The average molecular weight is 517 g/mol. The summed E-state index contributed by atoms with van der Waals surface area (Å²) in [6, 6.07) is 9.18. The van der Waals surface area contributed by atoms with Crippen LogP contribution < -0.4 is 5.32 Å². The molecule has 0 unspecified atom stereocenters. The molecule has 4 rings (SSSR count). The van der Waals surface area contributed by atoms with Gasteiger partial charge in [-0.05, 0) is 57.4 Å². The van der Waals surface area contributed by atoms with Crippen molar-refractivity contribution in [3.8, 4) is 0 Å². The lowest BCUT2D eigenvalue weighted by Gasteiger charge is -2.53. The number of benzene rings is 1. The van der Waals surface area contributed by atoms with E-state index >= 15 is 0 Å². The summed E-state index contributed by atoms with van der Waals surface area (Å²) < 4.78 is 10.7. The van der Waals surface area contributed by atoms with Crippen molar-refractivity contribution in [1.82, 2.24) is 15.1 Å². The van der Waals surface area contributed by atoms with Gasteiger partial charge in [0.1, 0.15) is 6.61 Å². The second-order valence-electron chi connectivity index (χ2n) is 10.8. The molecule has 196 valence electrons. The van der Waals surface area contributed by atoms with Gasteiger partial charge in [-0.25, -0.2) is 14.8 Å². The molecular weight excluding hydrogens is 480 g/mol. The van der Waals surface area contributed by atoms with Gasteiger partial charge in [-0.2, -0.15) is 5.10 Å². The highest BCUT2D eigenvalue weighted by Gasteiger charge is 2.51. The first-order chi connectivity index (χ1) is 16.9. The lowest BCUT2D eigenvalue weighted by Crippen LogP contribution is -2.51. The van der Waals surface area contributed by atoms with Gasteiger partial charge >= 0.3 is 12.1 Å². The van der Waals surface area contributed by atoms with E-state index in [1.807, 2.05) is 44.2 Å². The van der Waals surface area contributed by atoms with Crippen molar-refractivity contribution >= 4 is 33.8 Å². The van der Waals surface area contributed by atoms with E-state index in [0.717, 1.165) is 36.1 Å². The molecule has 1 saturated carbocycles. The summed E-state index contributed by atoms with van der Waals surface area (Å²) in [5.74, 6) is 0.0268. The molecular formula is C26H36N4O5S. The van der Waals surface area contributed by atoms with Gasteiger partial charge in [0.05, 0.1) is 22.5 Å². The zero-order chi connectivity index (χ0) is 26.3. The highest BCUT2D eigenvalue weighted by Crippen LogP contribution is 2.60. The summed E-state index contributed by atoms with van der Waals surface area (Å²) in [5.41, 5.74) is 1.53. The number of fused-ring (bicyclic) bond motifs is 1. The van der Waals surface area contributed by atoms with Crippen LogP contribution in [0.15, 0.2) is 30.3 Å². The first-order valence-electron chi connectivity index (χ1n) is 12.1. The molecule has 1 aromatic heterocycles. The molecule has 10 heteroatoms. The Hall–Kier alpha value is -3.01. The molecule has 0 spiro atoms. The molecule has 2 N–H and O–H groups in total. The van der Waals surface area contributed by atoms with Gasteiger partial charge in [0.15, 0.2) is 11.9 Å². The second kappa shape index (κ2) is 9.46. The molecule has 0 saturated heterocycles. The number of aromatic amines is 1. The fourth-order valence-corrected chi connectivity index (χ4v) is 7.11. The van der Waals surface area contributed by atoms with Crippen LogP contribution in [0, 0.1) is 0 Å². The first-order valence-corrected chi connectivity index (χ1v) is 15.0. The fraction of sp³-hybridized carbons (Fsp3) is 0.538. The van der Waals surface area contributed by atoms with E-state index in [0.29, 0.717) is 5.82 Å². The number of anilines is 1. The van der Waals surface area contributed by atoms with E-state index in [4.69, 9.17) is 9.47 Å². The normalized spacial score (nSPS) is 19.0. The quantitative estimate of drug-likeness (QED) is 0.526. The van der Waals surface area contributed by atoms with Crippen LogP contribution in [0.3, 0.4) is 0 Å². The molecule has 1 aromatic carbocycles. The topological polar surface area (TPSA) is 114 Å². The third-order valence-corrected chi connectivity index (χ3v) is 10.5. The maximum absolute atomic E-state index is 13.4. The van der Waals surface area contributed by atoms with Crippen LogP contribution in [-0.2, 0) is 31.1 Å². The van der Waals surface area contributed by atoms with E-state index < -0.39 is 33.7 Å². The Bertz CT molecular complexity index is 1150. The van der Waals surface area contributed by atoms with Crippen LogP contribution in [0.4, 0.5) is 10.6 Å². The van der Waals surface area contributed by atoms with Crippen molar-refractivity contribution < 1.29 is 23.9 Å². The van der Waals surface area contributed by atoms with E-state index in [1.165, 1.54) is 6.92 Å². The minimum absolute atomic E-state index is 0.00917. The van der Waals surface area contributed by atoms with E-state index in [-0.39, 0.29) is 23.8 Å². The number of H-pyrrole nitrogens is 1. The molecule has 9 nitrogen and oxygen atoms in total. The maximum Gasteiger partial charge on any atom is 0.411 e. The zero-order valence-electron chi connectivity index (χ0n) is 21.8. The molecule has 2 aromatic rings. The summed E-state index contributed by atoms with van der Waals surface area (Å²) in [6.07, 6.45) is 8.08. The number of nitrogens with zero attached hydrogens (tertiary/aromatic N) is 2. The van der Waals surface area contributed by atoms with Crippen LogP contribution in [0.25, 0.3) is 0 Å². The Morgan fingerprint density at radius 2 is 1.83 bits per heavy atom. The largest absolute Gasteiger partial charge is 0.462 e. The van der Waals surface area contributed by atoms with Crippen LogP contribution in [-0.4, -0.2) is 63.2 Å². The summed E-state index contributed by atoms with van der Waals surface area (Å²) in [6.45, 7) is 5.28. The Kier molecular flexibility index (Phi) is 6.85. The predicted octanol–water partition coefficient (Wildman–Crippen LogP) is 4.46. The number of hydrogen-bond acceptors (Lipinski definition) is 6. The molecule has 1 atom stereocenters. The van der Waals surface area contributed by atoms with Crippen LogP contribution >= 0.6 is 10.0 Å². The second-order valence-corrected chi connectivity index (χ2v) is 15.3. The van der Waals surface area contributed by atoms with Crippen molar-refractivity contribution in [1.29, 1.82) is 0 Å². The highest BCUT2D eigenvalue weighted by molar-refractivity contribution is 8.33. The standard InChI is InChI=1S/C26H36N4O5S/c1-17(31)34-16-20(18-11-8-7-9-12-18)35-24(33)30-15-19-21(25(30,2)3)28-29-22(19)27-23(32)26(13-10-14-26)36(4,5)6/h7-9,11-12,20H,10,13-16H2,1-6H3,(H2,27,28,29,32)/t20-/m1/s1. The lowest BCUT2D eigenvalue weighted by molar-refractivity contribution is -0.144. The number of esters is 1. The highest BCUT2D eigenvalue weighted by atomic mass is 32.3. The Balaban J connectivity index is 1.52. The summed E-state index contributed by atoms with van der Waals surface area (Å²) >= 11 is 0. The van der Waals surface area contributed by atoms with Crippen LogP contribution in [0.1, 0.15) is 63.0 Å². The average Bonchev–Trinajstić information content (AvgIpc) is 3.27. The molecule has 2 heterocycles. The Labute approximate surface area is 213 Å². The maximum atomic E-state index is 13.4. The van der Waals surface area contributed by atoms with Crippen LogP contribution in [0.2, 0.25) is 0 Å².